The van der Waals surface area contributed by atoms with Gasteiger partial charge in [0.15, 0.2) is 5.78 Å². The average Bonchev–Trinajstić information content (AvgIpc) is 2.44. The highest BCUT2D eigenvalue weighted by molar-refractivity contribution is 9.10. The van der Waals surface area contributed by atoms with Gasteiger partial charge in [-0.15, -0.1) is 0 Å². The van der Waals surface area contributed by atoms with Crippen LogP contribution in [0.15, 0.2) is 40.9 Å². The summed E-state index contributed by atoms with van der Waals surface area (Å²) >= 11 is 3.49. The minimum atomic E-state index is 0.125. The molecule has 0 amide bonds. The van der Waals surface area contributed by atoms with E-state index in [2.05, 4.69) is 15.9 Å². The van der Waals surface area contributed by atoms with Gasteiger partial charge in [-0.25, -0.2) is 0 Å². The Morgan fingerprint density at radius 1 is 1.20 bits per heavy atom. The fourth-order valence-corrected chi connectivity index (χ4v) is 2.52. The zero-order valence-corrected chi connectivity index (χ0v) is 13.5. The molecule has 2 aromatic rings. The average molecular weight is 333 g/mol. The lowest BCUT2D eigenvalue weighted by molar-refractivity contribution is 0.0992. The molecule has 2 nitrogen and oxygen atoms in total. The van der Waals surface area contributed by atoms with Gasteiger partial charge in [0, 0.05) is 16.5 Å². The second-order valence-corrected chi connectivity index (χ2v) is 5.66. The second kappa shape index (κ2) is 6.23. The Morgan fingerprint density at radius 2 is 1.95 bits per heavy atom. The van der Waals surface area contributed by atoms with Gasteiger partial charge in [-0.2, -0.15) is 0 Å². The maximum Gasteiger partial charge on any atom is 0.167 e. The van der Waals surface area contributed by atoms with Crippen molar-refractivity contribution in [3.05, 3.63) is 63.1 Å². The molecular formula is C17H17BrO2. The van der Waals surface area contributed by atoms with E-state index >= 15 is 0 Å². The van der Waals surface area contributed by atoms with Gasteiger partial charge in [0.1, 0.15) is 5.75 Å². The molecule has 0 aromatic heterocycles. The minimum absolute atomic E-state index is 0.125. The molecule has 104 valence electrons. The topological polar surface area (TPSA) is 26.3 Å². The molecule has 0 aliphatic heterocycles. The molecule has 0 aliphatic carbocycles. The third-order valence-corrected chi connectivity index (χ3v) is 4.28. The van der Waals surface area contributed by atoms with E-state index in [0.717, 1.165) is 32.5 Å². The summed E-state index contributed by atoms with van der Waals surface area (Å²) in [7, 11) is 1.62. The molecule has 0 N–H and O–H groups in total. The Morgan fingerprint density at radius 3 is 2.65 bits per heavy atom. The van der Waals surface area contributed by atoms with E-state index in [0.29, 0.717) is 6.42 Å². The number of carbonyl (C=O) groups is 1. The van der Waals surface area contributed by atoms with Gasteiger partial charge in [0.2, 0.25) is 0 Å². The maximum absolute atomic E-state index is 12.5. The van der Waals surface area contributed by atoms with Crippen molar-refractivity contribution in [1.29, 1.82) is 0 Å². The monoisotopic (exact) mass is 332 g/mol. The molecule has 0 atom stereocenters. The lowest BCUT2D eigenvalue weighted by Gasteiger charge is -2.10. The van der Waals surface area contributed by atoms with Gasteiger partial charge in [-0.1, -0.05) is 34.1 Å². The van der Waals surface area contributed by atoms with Crippen molar-refractivity contribution in [2.45, 2.75) is 20.3 Å². The quantitative estimate of drug-likeness (QED) is 0.770. The van der Waals surface area contributed by atoms with Crippen molar-refractivity contribution in [2.24, 2.45) is 0 Å². The number of ether oxygens (including phenoxy) is 1. The fraction of sp³-hybridized carbons (Fsp3) is 0.235. The second-order valence-electron chi connectivity index (χ2n) is 4.80. The van der Waals surface area contributed by atoms with Crippen LogP contribution in [0.1, 0.15) is 27.0 Å². The Balaban J connectivity index is 2.30. The minimum Gasteiger partial charge on any atom is -0.497 e. The van der Waals surface area contributed by atoms with Crippen LogP contribution < -0.4 is 4.74 Å². The summed E-state index contributed by atoms with van der Waals surface area (Å²) in [5.74, 6) is 0.886. The van der Waals surface area contributed by atoms with Gasteiger partial charge in [0.25, 0.3) is 0 Å². The zero-order chi connectivity index (χ0) is 14.7. The van der Waals surface area contributed by atoms with E-state index < -0.39 is 0 Å². The number of halogens is 1. The van der Waals surface area contributed by atoms with Gasteiger partial charge in [-0.05, 0) is 48.7 Å². The van der Waals surface area contributed by atoms with E-state index in [9.17, 15) is 4.79 Å². The van der Waals surface area contributed by atoms with Crippen LogP contribution in [0.5, 0.6) is 5.75 Å². The summed E-state index contributed by atoms with van der Waals surface area (Å²) in [6.45, 7) is 4.01. The molecule has 0 aliphatic rings. The Hall–Kier alpha value is -1.61. The number of Topliss-reactive ketones (excluding diaryl/α,β-unsaturated/α-hetero) is 1. The molecule has 0 saturated heterocycles. The summed E-state index contributed by atoms with van der Waals surface area (Å²) < 4.78 is 6.14. The predicted molar refractivity (Wildman–Crippen MR) is 84.6 cm³/mol. The maximum atomic E-state index is 12.5. The molecule has 20 heavy (non-hydrogen) atoms. The highest BCUT2D eigenvalue weighted by Gasteiger charge is 2.13. The molecule has 3 heteroatoms. The molecule has 0 unspecified atom stereocenters. The van der Waals surface area contributed by atoms with Gasteiger partial charge >= 0.3 is 0 Å². The number of methoxy groups -OCH3 is 1. The van der Waals surface area contributed by atoms with Crippen molar-refractivity contribution in [3.63, 3.8) is 0 Å². The summed E-state index contributed by atoms with van der Waals surface area (Å²) in [6, 6.07) is 11.5. The number of carbonyl (C=O) groups excluding carboxylic acids is 1. The highest BCUT2D eigenvalue weighted by Crippen LogP contribution is 2.24. The molecule has 0 bridgehead atoms. The Labute approximate surface area is 127 Å². The van der Waals surface area contributed by atoms with Crippen LogP contribution in [0, 0.1) is 13.8 Å². The molecule has 0 heterocycles. The van der Waals surface area contributed by atoms with Crippen LogP contribution >= 0.6 is 15.9 Å². The molecule has 2 aromatic carbocycles. The van der Waals surface area contributed by atoms with Crippen LogP contribution in [-0.4, -0.2) is 12.9 Å². The van der Waals surface area contributed by atoms with Crippen LogP contribution in [0.3, 0.4) is 0 Å². The van der Waals surface area contributed by atoms with Crippen LogP contribution in [-0.2, 0) is 6.42 Å². The number of ketones is 1. The summed E-state index contributed by atoms with van der Waals surface area (Å²) in [5.41, 5.74) is 3.92. The number of hydrogen-bond donors (Lipinski definition) is 0. The molecule has 0 fully saturated rings. The Bertz CT molecular complexity index is 647. The fourth-order valence-electron chi connectivity index (χ4n) is 2.13. The first kappa shape index (κ1) is 14.8. The van der Waals surface area contributed by atoms with Crippen molar-refractivity contribution in [1.82, 2.24) is 0 Å². The molecule has 2 rings (SSSR count). The van der Waals surface area contributed by atoms with Gasteiger partial charge < -0.3 is 4.74 Å². The molecule has 0 saturated carbocycles. The molecule has 0 radical (unpaired) electrons. The van der Waals surface area contributed by atoms with E-state index in [4.69, 9.17) is 4.74 Å². The standard InChI is InChI=1S/C17H17BrO2/c1-11-5-4-6-15(12(11)2)17(19)10-13-9-14(20-3)7-8-16(13)18/h4-9H,10H2,1-3H3. The van der Waals surface area contributed by atoms with Crippen molar-refractivity contribution in [2.75, 3.05) is 7.11 Å². The van der Waals surface area contributed by atoms with Crippen molar-refractivity contribution >= 4 is 21.7 Å². The normalized spacial score (nSPS) is 10.4. The predicted octanol–water partition coefficient (Wildman–Crippen LogP) is 4.50. The van der Waals surface area contributed by atoms with Gasteiger partial charge in [-0.3, -0.25) is 4.79 Å². The van der Waals surface area contributed by atoms with E-state index in [1.165, 1.54) is 0 Å². The number of benzene rings is 2. The van der Waals surface area contributed by atoms with E-state index in [1.54, 1.807) is 7.11 Å². The van der Waals surface area contributed by atoms with E-state index in [-0.39, 0.29) is 5.78 Å². The number of hydrogen-bond acceptors (Lipinski definition) is 2. The lowest BCUT2D eigenvalue weighted by atomic mass is 9.96. The largest absolute Gasteiger partial charge is 0.497 e. The van der Waals surface area contributed by atoms with Gasteiger partial charge in [0.05, 0.1) is 7.11 Å². The third-order valence-electron chi connectivity index (χ3n) is 3.51. The summed E-state index contributed by atoms with van der Waals surface area (Å²) in [4.78, 5) is 12.5. The number of rotatable bonds is 4. The highest BCUT2D eigenvalue weighted by atomic mass is 79.9. The summed E-state index contributed by atoms with van der Waals surface area (Å²) in [5, 5.41) is 0. The number of aryl methyl sites for hydroxylation is 1. The molecule has 0 spiro atoms. The lowest BCUT2D eigenvalue weighted by Crippen LogP contribution is -2.07. The van der Waals surface area contributed by atoms with Crippen LogP contribution in [0.2, 0.25) is 0 Å². The van der Waals surface area contributed by atoms with Crippen molar-refractivity contribution in [3.8, 4) is 5.75 Å². The molecular weight excluding hydrogens is 316 g/mol. The van der Waals surface area contributed by atoms with Crippen molar-refractivity contribution < 1.29 is 9.53 Å². The first-order chi connectivity index (χ1) is 9.52. The summed E-state index contributed by atoms with van der Waals surface area (Å²) in [6.07, 6.45) is 0.363. The first-order valence-corrected chi connectivity index (χ1v) is 7.24. The SMILES string of the molecule is COc1ccc(Br)c(CC(=O)c2cccc(C)c2C)c1. The third kappa shape index (κ3) is 3.10. The van der Waals surface area contributed by atoms with Crippen LogP contribution in [0.4, 0.5) is 0 Å². The first-order valence-electron chi connectivity index (χ1n) is 6.44. The van der Waals surface area contributed by atoms with Crippen LogP contribution in [0.25, 0.3) is 0 Å². The van der Waals surface area contributed by atoms with E-state index in [1.807, 2.05) is 50.2 Å². The Kier molecular flexibility index (Phi) is 4.61. The smallest absolute Gasteiger partial charge is 0.167 e. The zero-order valence-electron chi connectivity index (χ0n) is 11.9.